The molecule has 1 unspecified atom stereocenters. The van der Waals surface area contributed by atoms with Crippen LogP contribution in [0.1, 0.15) is 17.2 Å². The first-order valence-electron chi connectivity index (χ1n) is 5.22. The lowest BCUT2D eigenvalue weighted by Crippen LogP contribution is -2.11. The minimum atomic E-state index is -2.82. The second-order valence-electron chi connectivity index (χ2n) is 3.70. The number of nitrogens with two attached hydrogens (primary N) is 1. The molecule has 0 saturated heterocycles. The van der Waals surface area contributed by atoms with Crippen LogP contribution in [0.15, 0.2) is 37.9 Å². The van der Waals surface area contributed by atoms with E-state index in [-0.39, 0.29) is 11.8 Å². The van der Waals surface area contributed by atoms with Gasteiger partial charge in [-0.25, -0.2) is 0 Å². The predicted octanol–water partition coefficient (Wildman–Crippen LogP) is 4.92. The zero-order valence-electron chi connectivity index (χ0n) is 9.45. The van der Waals surface area contributed by atoms with E-state index in [2.05, 4.69) is 36.6 Å². The fraction of sp³-hybridized carbons (Fsp3) is 0.167. The highest BCUT2D eigenvalue weighted by molar-refractivity contribution is 9.12. The van der Waals surface area contributed by atoms with E-state index in [1.54, 1.807) is 12.1 Å². The fourth-order valence-corrected chi connectivity index (χ4v) is 4.53. The van der Waals surface area contributed by atoms with Crippen molar-refractivity contribution < 1.29 is 13.5 Å². The molecule has 0 aliphatic carbocycles. The molecule has 1 aromatic carbocycles. The normalized spacial score (nSPS) is 12.7. The topological polar surface area (TPSA) is 35.2 Å². The summed E-state index contributed by atoms with van der Waals surface area (Å²) in [5, 5.41) is 0. The number of hydrogen-bond donors (Lipinski definition) is 1. The molecular weight excluding hydrogens is 404 g/mol. The summed E-state index contributed by atoms with van der Waals surface area (Å²) in [6, 6.07) is 7.94. The molecule has 0 saturated carbocycles. The lowest BCUT2D eigenvalue weighted by Gasteiger charge is -2.12. The Labute approximate surface area is 129 Å². The van der Waals surface area contributed by atoms with E-state index < -0.39 is 6.61 Å². The summed E-state index contributed by atoms with van der Waals surface area (Å²) >= 11 is 8.37. The molecule has 0 aliphatic heterocycles. The van der Waals surface area contributed by atoms with Gasteiger partial charge >= 0.3 is 6.61 Å². The Morgan fingerprint density at radius 1 is 1.16 bits per heavy atom. The first-order valence-corrected chi connectivity index (χ1v) is 7.62. The van der Waals surface area contributed by atoms with E-state index in [9.17, 15) is 8.78 Å². The minimum Gasteiger partial charge on any atom is -0.435 e. The van der Waals surface area contributed by atoms with E-state index in [0.29, 0.717) is 0 Å². The molecule has 1 atom stereocenters. The first kappa shape index (κ1) is 14.9. The maximum absolute atomic E-state index is 12.0. The first-order chi connectivity index (χ1) is 8.97. The van der Waals surface area contributed by atoms with Crippen LogP contribution in [0, 0.1) is 0 Å². The molecule has 2 rings (SSSR count). The van der Waals surface area contributed by atoms with Gasteiger partial charge in [0, 0.05) is 0 Å². The Morgan fingerprint density at radius 2 is 1.79 bits per heavy atom. The molecule has 0 radical (unpaired) electrons. The molecule has 1 heterocycles. The summed E-state index contributed by atoms with van der Waals surface area (Å²) in [6.45, 7) is -2.82. The van der Waals surface area contributed by atoms with Crippen molar-refractivity contribution >= 4 is 43.2 Å². The molecule has 2 aromatic rings. The molecule has 1 aromatic heterocycles. The Balaban J connectivity index is 2.20. The van der Waals surface area contributed by atoms with E-state index in [0.717, 1.165) is 18.7 Å². The second-order valence-corrected chi connectivity index (χ2v) is 7.45. The van der Waals surface area contributed by atoms with Crippen molar-refractivity contribution in [3.8, 4) is 5.75 Å². The standard InChI is InChI=1S/C12H9Br2F2NOS/c13-9-5-8(11(14)19-9)10(17)6-1-3-7(4-2-6)18-12(15)16/h1-5,10,12H,17H2. The summed E-state index contributed by atoms with van der Waals surface area (Å²) in [6.07, 6.45) is 0. The Bertz CT molecular complexity index is 559. The Hall–Kier alpha value is -0.500. The van der Waals surface area contributed by atoms with Crippen molar-refractivity contribution in [2.24, 2.45) is 5.73 Å². The fourth-order valence-electron chi connectivity index (χ4n) is 1.60. The number of thiophene rings is 1. The SMILES string of the molecule is NC(c1ccc(OC(F)F)cc1)c1cc(Br)sc1Br. The third kappa shape index (κ3) is 3.75. The zero-order valence-corrected chi connectivity index (χ0v) is 13.4. The summed E-state index contributed by atoms with van der Waals surface area (Å²) in [5.74, 6) is 0.122. The van der Waals surface area contributed by atoms with Crippen LogP contribution in [0.4, 0.5) is 8.78 Å². The summed E-state index contributed by atoms with van der Waals surface area (Å²) in [4.78, 5) is 0. The number of benzene rings is 1. The van der Waals surface area contributed by atoms with Crippen LogP contribution in [-0.2, 0) is 0 Å². The Morgan fingerprint density at radius 3 is 2.26 bits per heavy atom. The van der Waals surface area contributed by atoms with Crippen LogP contribution < -0.4 is 10.5 Å². The maximum atomic E-state index is 12.0. The van der Waals surface area contributed by atoms with Crippen LogP contribution >= 0.6 is 43.2 Å². The average Bonchev–Trinajstić information content (AvgIpc) is 2.68. The second kappa shape index (κ2) is 6.30. The number of halogens is 4. The van der Waals surface area contributed by atoms with Gasteiger partial charge in [0.15, 0.2) is 0 Å². The van der Waals surface area contributed by atoms with Crippen molar-refractivity contribution in [1.29, 1.82) is 0 Å². The molecule has 0 aliphatic rings. The maximum Gasteiger partial charge on any atom is 0.387 e. The molecule has 0 amide bonds. The number of ether oxygens (including phenoxy) is 1. The van der Waals surface area contributed by atoms with Gasteiger partial charge in [-0.2, -0.15) is 8.78 Å². The van der Waals surface area contributed by atoms with Crippen LogP contribution in [0.3, 0.4) is 0 Å². The summed E-state index contributed by atoms with van der Waals surface area (Å²) in [7, 11) is 0. The van der Waals surface area contributed by atoms with Gasteiger partial charge in [-0.3, -0.25) is 0 Å². The summed E-state index contributed by atoms with van der Waals surface area (Å²) < 4.78 is 30.3. The van der Waals surface area contributed by atoms with E-state index >= 15 is 0 Å². The van der Waals surface area contributed by atoms with Crippen molar-refractivity contribution in [2.45, 2.75) is 12.7 Å². The van der Waals surface area contributed by atoms with Crippen LogP contribution in [0.2, 0.25) is 0 Å². The molecule has 102 valence electrons. The molecule has 19 heavy (non-hydrogen) atoms. The molecule has 0 spiro atoms. The van der Waals surface area contributed by atoms with Crippen molar-refractivity contribution in [3.05, 3.63) is 49.0 Å². The predicted molar refractivity (Wildman–Crippen MR) is 78.8 cm³/mol. The quantitative estimate of drug-likeness (QED) is 0.773. The monoisotopic (exact) mass is 411 g/mol. The third-order valence-corrected chi connectivity index (χ3v) is 4.87. The zero-order chi connectivity index (χ0) is 14.0. The van der Waals surface area contributed by atoms with Crippen molar-refractivity contribution in [1.82, 2.24) is 0 Å². The summed E-state index contributed by atoms with van der Waals surface area (Å²) in [5.41, 5.74) is 7.92. The average molecular weight is 413 g/mol. The highest BCUT2D eigenvalue weighted by atomic mass is 79.9. The minimum absolute atomic E-state index is 0.122. The Kier molecular flexibility index (Phi) is 4.94. The number of rotatable bonds is 4. The van der Waals surface area contributed by atoms with Crippen LogP contribution in [0.5, 0.6) is 5.75 Å². The number of hydrogen-bond acceptors (Lipinski definition) is 3. The molecular formula is C12H9Br2F2NOS. The van der Waals surface area contributed by atoms with Crippen molar-refractivity contribution in [2.75, 3.05) is 0 Å². The molecule has 2 N–H and O–H groups in total. The lowest BCUT2D eigenvalue weighted by atomic mass is 10.0. The van der Waals surface area contributed by atoms with E-state index in [4.69, 9.17) is 5.73 Å². The van der Waals surface area contributed by atoms with Gasteiger partial charge in [-0.1, -0.05) is 12.1 Å². The van der Waals surface area contributed by atoms with Gasteiger partial charge in [0.25, 0.3) is 0 Å². The third-order valence-electron chi connectivity index (χ3n) is 2.48. The molecule has 0 fully saturated rings. The van der Waals surface area contributed by atoms with Gasteiger partial charge in [0.05, 0.1) is 13.6 Å². The van der Waals surface area contributed by atoms with Gasteiger partial charge in [0.1, 0.15) is 5.75 Å². The highest BCUT2D eigenvalue weighted by Crippen LogP contribution is 2.37. The molecule has 2 nitrogen and oxygen atoms in total. The molecule has 7 heteroatoms. The van der Waals surface area contributed by atoms with E-state index in [1.807, 2.05) is 6.07 Å². The largest absolute Gasteiger partial charge is 0.435 e. The lowest BCUT2D eigenvalue weighted by molar-refractivity contribution is -0.0498. The van der Waals surface area contributed by atoms with Crippen LogP contribution in [0.25, 0.3) is 0 Å². The van der Waals surface area contributed by atoms with Gasteiger partial charge in [0.2, 0.25) is 0 Å². The van der Waals surface area contributed by atoms with Gasteiger partial charge in [-0.05, 0) is 61.2 Å². The van der Waals surface area contributed by atoms with Crippen molar-refractivity contribution in [3.63, 3.8) is 0 Å². The number of alkyl halides is 2. The van der Waals surface area contributed by atoms with Crippen LogP contribution in [-0.4, -0.2) is 6.61 Å². The highest BCUT2D eigenvalue weighted by Gasteiger charge is 2.15. The molecule has 0 bridgehead atoms. The van der Waals surface area contributed by atoms with E-state index in [1.165, 1.54) is 23.5 Å². The van der Waals surface area contributed by atoms with Gasteiger partial charge < -0.3 is 10.5 Å². The smallest absolute Gasteiger partial charge is 0.387 e. The van der Waals surface area contributed by atoms with Gasteiger partial charge in [-0.15, -0.1) is 11.3 Å².